The highest BCUT2D eigenvalue weighted by molar-refractivity contribution is 7.89. The average molecular weight is 548 g/mol. The van der Waals surface area contributed by atoms with Crippen LogP contribution < -0.4 is 10.6 Å². The van der Waals surface area contributed by atoms with E-state index >= 15 is 0 Å². The maximum absolute atomic E-state index is 13.2. The van der Waals surface area contributed by atoms with Gasteiger partial charge in [-0.2, -0.15) is 4.31 Å². The van der Waals surface area contributed by atoms with Crippen molar-refractivity contribution in [2.24, 2.45) is 5.92 Å². The Morgan fingerprint density at radius 2 is 1.89 bits per heavy atom. The van der Waals surface area contributed by atoms with Gasteiger partial charge in [0.1, 0.15) is 6.04 Å². The molecule has 2 amide bonds. The number of sulfonamides is 1. The third kappa shape index (κ3) is 6.03. The Hall–Kier alpha value is -2.60. The lowest BCUT2D eigenvalue weighted by atomic mass is 10.0. The van der Waals surface area contributed by atoms with E-state index < -0.39 is 28.0 Å². The molecule has 1 aliphatic rings. The van der Waals surface area contributed by atoms with E-state index in [4.69, 9.17) is 0 Å². The number of rotatable bonds is 8. The molecule has 36 heavy (non-hydrogen) atoms. The molecule has 4 rings (SSSR count). The monoisotopic (exact) mass is 547 g/mol. The molecule has 192 valence electrons. The van der Waals surface area contributed by atoms with Gasteiger partial charge in [-0.3, -0.25) is 14.4 Å². The molecule has 0 radical (unpaired) electrons. The fourth-order valence-electron chi connectivity index (χ4n) is 4.18. The van der Waals surface area contributed by atoms with E-state index in [2.05, 4.69) is 10.6 Å². The molecule has 0 spiro atoms. The maximum atomic E-state index is 13.2. The summed E-state index contributed by atoms with van der Waals surface area (Å²) in [6.07, 6.45) is 1.16. The molecular weight excluding hydrogens is 518 g/mol. The number of Topliss-reactive ketones (excluding diaryl/α,β-unsaturated/α-hetero) is 1. The standard InChI is InChI=1S/C25H29N3O5S3/c1-16(2)13-19(27-25(31)23-14-22-21(35-23)10-12-34-22)24(30)26-18-9-6-11-28(15-20(18)29)36(32,33)17-7-4-3-5-8-17/h3-5,7-8,10,12,14,16,18-19H,6,9,11,13,15H2,1-2H3,(H,26,30)(H,27,31)/t18-,19-/m1/s1. The molecule has 2 aromatic heterocycles. The van der Waals surface area contributed by atoms with Gasteiger partial charge in [0, 0.05) is 15.9 Å². The molecule has 2 atom stereocenters. The predicted octanol–water partition coefficient (Wildman–Crippen LogP) is 3.65. The minimum atomic E-state index is -3.81. The highest BCUT2D eigenvalue weighted by Crippen LogP contribution is 2.30. The molecule has 11 heteroatoms. The van der Waals surface area contributed by atoms with E-state index in [9.17, 15) is 22.8 Å². The van der Waals surface area contributed by atoms with Crippen molar-refractivity contribution in [3.05, 3.63) is 52.7 Å². The number of ketones is 1. The van der Waals surface area contributed by atoms with Crippen LogP contribution in [-0.2, 0) is 19.6 Å². The van der Waals surface area contributed by atoms with E-state index in [0.717, 1.165) is 9.40 Å². The van der Waals surface area contributed by atoms with Gasteiger partial charge in [0.15, 0.2) is 5.78 Å². The second kappa shape index (κ2) is 11.2. The molecule has 8 nitrogen and oxygen atoms in total. The molecule has 0 aliphatic carbocycles. The zero-order valence-electron chi connectivity index (χ0n) is 20.1. The smallest absolute Gasteiger partial charge is 0.262 e. The molecular formula is C25H29N3O5S3. The third-order valence-electron chi connectivity index (χ3n) is 6.01. The van der Waals surface area contributed by atoms with Gasteiger partial charge in [-0.05, 0) is 54.8 Å². The SMILES string of the molecule is CC(C)C[C@@H](NC(=O)c1cc2sccc2s1)C(=O)N[C@@H]1CCCN(S(=O)(=O)c2ccccc2)CC1=O. The van der Waals surface area contributed by atoms with Crippen LogP contribution in [0.4, 0.5) is 0 Å². The van der Waals surface area contributed by atoms with E-state index in [1.165, 1.54) is 27.8 Å². The Labute approximate surface area is 218 Å². The van der Waals surface area contributed by atoms with Crippen LogP contribution in [0.5, 0.6) is 0 Å². The summed E-state index contributed by atoms with van der Waals surface area (Å²) in [5.74, 6) is -0.998. The van der Waals surface area contributed by atoms with Crippen LogP contribution in [0, 0.1) is 5.92 Å². The number of benzene rings is 1. The quantitative estimate of drug-likeness (QED) is 0.447. The van der Waals surface area contributed by atoms with Crippen LogP contribution in [0.1, 0.15) is 42.8 Å². The second-order valence-electron chi connectivity index (χ2n) is 9.24. The molecule has 1 aliphatic heterocycles. The molecule has 2 N–H and O–H groups in total. The summed E-state index contributed by atoms with van der Waals surface area (Å²) in [5, 5.41) is 7.59. The molecule has 3 aromatic rings. The number of nitrogens with one attached hydrogen (secondary N) is 2. The zero-order chi connectivity index (χ0) is 25.9. The summed E-state index contributed by atoms with van der Waals surface area (Å²) in [6.45, 7) is 3.79. The fraction of sp³-hybridized carbons (Fsp3) is 0.400. The molecule has 0 unspecified atom stereocenters. The van der Waals surface area contributed by atoms with Crippen molar-refractivity contribution in [2.45, 2.75) is 50.1 Å². The van der Waals surface area contributed by atoms with E-state index in [0.29, 0.717) is 24.1 Å². The largest absolute Gasteiger partial charge is 0.344 e. The first-order valence-electron chi connectivity index (χ1n) is 11.8. The van der Waals surface area contributed by atoms with Gasteiger partial charge in [-0.25, -0.2) is 8.42 Å². The number of carbonyl (C=O) groups excluding carboxylic acids is 3. The number of hydrogen-bond donors (Lipinski definition) is 2. The summed E-state index contributed by atoms with van der Waals surface area (Å²) in [4.78, 5) is 39.7. The minimum Gasteiger partial charge on any atom is -0.344 e. The first-order chi connectivity index (χ1) is 17.1. The lowest BCUT2D eigenvalue weighted by molar-refractivity contribution is -0.129. The van der Waals surface area contributed by atoms with Crippen molar-refractivity contribution in [3.63, 3.8) is 0 Å². The summed E-state index contributed by atoms with van der Waals surface area (Å²) in [5.41, 5.74) is 0. The van der Waals surface area contributed by atoms with E-state index in [1.54, 1.807) is 29.5 Å². The summed E-state index contributed by atoms with van der Waals surface area (Å²) < 4.78 is 29.2. The summed E-state index contributed by atoms with van der Waals surface area (Å²) >= 11 is 2.93. The maximum Gasteiger partial charge on any atom is 0.262 e. The van der Waals surface area contributed by atoms with Crippen molar-refractivity contribution in [2.75, 3.05) is 13.1 Å². The average Bonchev–Trinajstić information content (AvgIpc) is 3.40. The summed E-state index contributed by atoms with van der Waals surface area (Å²) in [6, 6.07) is 10.2. The first-order valence-corrected chi connectivity index (χ1v) is 14.9. The normalized spacial score (nSPS) is 18.2. The Kier molecular flexibility index (Phi) is 8.23. The highest BCUT2D eigenvalue weighted by Gasteiger charge is 2.34. The van der Waals surface area contributed by atoms with Gasteiger partial charge in [0.2, 0.25) is 15.9 Å². The van der Waals surface area contributed by atoms with Crippen LogP contribution in [0.2, 0.25) is 0 Å². The second-order valence-corrected chi connectivity index (χ2v) is 13.2. The topological polar surface area (TPSA) is 113 Å². The van der Waals surface area contributed by atoms with Crippen LogP contribution in [0.15, 0.2) is 52.7 Å². The minimum absolute atomic E-state index is 0.129. The molecule has 3 heterocycles. The Balaban J connectivity index is 1.43. The summed E-state index contributed by atoms with van der Waals surface area (Å²) in [7, 11) is -3.81. The van der Waals surface area contributed by atoms with E-state index in [-0.39, 0.29) is 35.6 Å². The molecule has 0 bridgehead atoms. The highest BCUT2D eigenvalue weighted by atomic mass is 32.2. The van der Waals surface area contributed by atoms with Gasteiger partial charge in [0.25, 0.3) is 5.91 Å². The lowest BCUT2D eigenvalue weighted by Crippen LogP contribution is -2.52. The van der Waals surface area contributed by atoms with Crippen molar-refractivity contribution in [1.82, 2.24) is 14.9 Å². The predicted molar refractivity (Wildman–Crippen MR) is 142 cm³/mol. The van der Waals surface area contributed by atoms with Crippen molar-refractivity contribution in [1.29, 1.82) is 0 Å². The molecule has 1 aromatic carbocycles. The van der Waals surface area contributed by atoms with Crippen LogP contribution in [-0.4, -0.2) is 55.5 Å². The van der Waals surface area contributed by atoms with Gasteiger partial charge < -0.3 is 10.6 Å². The zero-order valence-corrected chi connectivity index (χ0v) is 22.5. The van der Waals surface area contributed by atoms with Gasteiger partial charge in [-0.15, -0.1) is 22.7 Å². The van der Waals surface area contributed by atoms with Gasteiger partial charge in [0.05, 0.1) is 22.4 Å². The van der Waals surface area contributed by atoms with Crippen molar-refractivity contribution < 1.29 is 22.8 Å². The molecule has 1 saturated heterocycles. The van der Waals surface area contributed by atoms with Gasteiger partial charge >= 0.3 is 0 Å². The Bertz CT molecular complexity index is 1320. The first kappa shape index (κ1) is 26.5. The van der Waals surface area contributed by atoms with Crippen molar-refractivity contribution in [3.8, 4) is 0 Å². The molecule has 0 saturated carbocycles. The number of nitrogens with zero attached hydrogens (tertiary/aromatic N) is 1. The van der Waals surface area contributed by atoms with Crippen LogP contribution in [0.3, 0.4) is 0 Å². The van der Waals surface area contributed by atoms with Crippen LogP contribution >= 0.6 is 22.7 Å². The van der Waals surface area contributed by atoms with Crippen LogP contribution in [0.25, 0.3) is 9.40 Å². The third-order valence-corrected chi connectivity index (χ3v) is 9.96. The number of amides is 2. The van der Waals surface area contributed by atoms with Crippen molar-refractivity contribution >= 4 is 59.7 Å². The fourth-order valence-corrected chi connectivity index (χ4v) is 7.66. The van der Waals surface area contributed by atoms with Gasteiger partial charge in [-0.1, -0.05) is 32.0 Å². The Morgan fingerprint density at radius 1 is 1.14 bits per heavy atom. The number of carbonyl (C=O) groups is 3. The lowest BCUT2D eigenvalue weighted by Gasteiger charge is -2.23. The number of hydrogen-bond acceptors (Lipinski definition) is 7. The molecule has 1 fully saturated rings. The number of fused-ring (bicyclic) bond motifs is 1. The number of thiophene rings is 2. The Morgan fingerprint density at radius 3 is 2.58 bits per heavy atom. The van der Waals surface area contributed by atoms with E-state index in [1.807, 2.05) is 31.4 Å².